The fourth-order valence-electron chi connectivity index (χ4n) is 2.59. The van der Waals surface area contributed by atoms with Crippen LogP contribution in [0.3, 0.4) is 0 Å². The van der Waals surface area contributed by atoms with Crippen molar-refractivity contribution in [2.45, 2.75) is 25.3 Å². The van der Waals surface area contributed by atoms with Crippen LogP contribution in [0.4, 0.5) is 4.79 Å². The van der Waals surface area contributed by atoms with Crippen molar-refractivity contribution in [2.24, 2.45) is 5.92 Å². The Balaban J connectivity index is 1.98. The summed E-state index contributed by atoms with van der Waals surface area (Å²) in [6.07, 6.45) is 2.09. The highest BCUT2D eigenvalue weighted by Crippen LogP contribution is 2.23. The van der Waals surface area contributed by atoms with Crippen molar-refractivity contribution in [1.82, 2.24) is 9.80 Å². The Morgan fingerprint density at radius 3 is 2.59 bits per heavy atom. The Labute approximate surface area is 99.8 Å². The predicted octanol–water partition coefficient (Wildman–Crippen LogP) is -0.0304. The molecule has 0 aliphatic carbocycles. The lowest BCUT2D eigenvalue weighted by molar-refractivity contribution is -0.141. The van der Waals surface area contributed by atoms with Gasteiger partial charge in [0.15, 0.2) is 0 Å². The van der Waals surface area contributed by atoms with Gasteiger partial charge in [-0.1, -0.05) is 0 Å². The van der Waals surface area contributed by atoms with E-state index in [1.807, 2.05) is 0 Å². The number of likely N-dealkylation sites (tertiary alicyclic amines) is 2. The molecule has 2 N–H and O–H groups in total. The maximum Gasteiger partial charge on any atom is 0.326 e. The molecular formula is C11H18N2O4. The number of aliphatic hydroxyl groups excluding tert-OH is 1. The zero-order valence-corrected chi connectivity index (χ0v) is 9.71. The molecule has 96 valence electrons. The van der Waals surface area contributed by atoms with Gasteiger partial charge in [-0.05, 0) is 19.3 Å². The first-order chi connectivity index (χ1) is 8.13. The molecule has 2 heterocycles. The van der Waals surface area contributed by atoms with Crippen LogP contribution in [0, 0.1) is 5.92 Å². The number of rotatable bonds is 2. The number of urea groups is 1. The van der Waals surface area contributed by atoms with Crippen molar-refractivity contribution in [3.63, 3.8) is 0 Å². The van der Waals surface area contributed by atoms with E-state index in [0.717, 1.165) is 12.8 Å². The molecule has 17 heavy (non-hydrogen) atoms. The van der Waals surface area contributed by atoms with Gasteiger partial charge in [-0.2, -0.15) is 0 Å². The van der Waals surface area contributed by atoms with Crippen LogP contribution in [0.25, 0.3) is 0 Å². The summed E-state index contributed by atoms with van der Waals surface area (Å²) >= 11 is 0. The molecule has 0 spiro atoms. The predicted molar refractivity (Wildman–Crippen MR) is 59.5 cm³/mol. The third-order valence-electron chi connectivity index (χ3n) is 3.60. The first kappa shape index (κ1) is 12.2. The molecular weight excluding hydrogens is 224 g/mol. The average Bonchev–Trinajstić information content (AvgIpc) is 2.97. The summed E-state index contributed by atoms with van der Waals surface area (Å²) in [7, 11) is 0. The lowest BCUT2D eigenvalue weighted by Gasteiger charge is -2.27. The highest BCUT2D eigenvalue weighted by molar-refractivity contribution is 5.83. The maximum absolute atomic E-state index is 12.1. The number of amides is 2. The number of hydrogen-bond acceptors (Lipinski definition) is 3. The van der Waals surface area contributed by atoms with E-state index in [1.54, 1.807) is 4.90 Å². The molecule has 6 heteroatoms. The number of nitrogens with zero attached hydrogens (tertiary/aromatic N) is 2. The number of carbonyl (C=O) groups is 2. The smallest absolute Gasteiger partial charge is 0.326 e. The Kier molecular flexibility index (Phi) is 3.51. The SMILES string of the molecule is O=C(O)[C@H]1CCCN1C(=O)N1CCC(CO)C1. The molecule has 6 nitrogen and oxygen atoms in total. The van der Waals surface area contributed by atoms with Crippen LogP contribution >= 0.6 is 0 Å². The van der Waals surface area contributed by atoms with E-state index in [4.69, 9.17) is 10.2 Å². The van der Waals surface area contributed by atoms with Crippen LogP contribution in [0.1, 0.15) is 19.3 Å². The third-order valence-corrected chi connectivity index (χ3v) is 3.60. The summed E-state index contributed by atoms with van der Waals surface area (Å²) in [6, 6.07) is -0.860. The standard InChI is InChI=1S/C11H18N2O4/c14-7-8-3-5-12(6-8)11(17)13-4-1-2-9(13)10(15)16/h8-9,14H,1-7H2,(H,15,16)/t8?,9-/m1/s1. The molecule has 2 saturated heterocycles. The number of carboxylic acid groups (broad SMARTS) is 1. The molecule has 2 rings (SSSR count). The normalized spacial score (nSPS) is 28.8. The molecule has 2 amide bonds. The van der Waals surface area contributed by atoms with Gasteiger partial charge in [0, 0.05) is 32.2 Å². The van der Waals surface area contributed by atoms with Crippen molar-refractivity contribution < 1.29 is 19.8 Å². The van der Waals surface area contributed by atoms with E-state index in [2.05, 4.69) is 0 Å². The molecule has 2 fully saturated rings. The van der Waals surface area contributed by atoms with Crippen molar-refractivity contribution in [1.29, 1.82) is 0 Å². The summed E-state index contributed by atoms with van der Waals surface area (Å²) in [5, 5.41) is 18.0. The minimum atomic E-state index is -0.922. The number of hydrogen-bond donors (Lipinski definition) is 2. The zero-order chi connectivity index (χ0) is 12.4. The second kappa shape index (κ2) is 4.91. The number of aliphatic hydroxyl groups is 1. The van der Waals surface area contributed by atoms with Crippen LogP contribution in [-0.4, -0.2) is 64.3 Å². The summed E-state index contributed by atoms with van der Waals surface area (Å²) in [4.78, 5) is 26.2. The van der Waals surface area contributed by atoms with Gasteiger partial charge in [0.05, 0.1) is 0 Å². The summed E-state index contributed by atoms with van der Waals surface area (Å²) in [5.41, 5.74) is 0. The molecule has 2 atom stereocenters. The second-order valence-electron chi connectivity index (χ2n) is 4.76. The summed E-state index contributed by atoms with van der Waals surface area (Å²) < 4.78 is 0. The van der Waals surface area contributed by atoms with Crippen molar-refractivity contribution in [3.05, 3.63) is 0 Å². The van der Waals surface area contributed by atoms with Gasteiger partial charge in [-0.3, -0.25) is 0 Å². The van der Waals surface area contributed by atoms with E-state index in [-0.39, 0.29) is 18.6 Å². The van der Waals surface area contributed by atoms with Crippen LogP contribution < -0.4 is 0 Å². The minimum Gasteiger partial charge on any atom is -0.480 e. The van der Waals surface area contributed by atoms with Gasteiger partial charge in [0.25, 0.3) is 0 Å². The highest BCUT2D eigenvalue weighted by atomic mass is 16.4. The van der Waals surface area contributed by atoms with E-state index >= 15 is 0 Å². The molecule has 0 aromatic carbocycles. The molecule has 1 unspecified atom stereocenters. The lowest BCUT2D eigenvalue weighted by Crippen LogP contribution is -2.47. The molecule has 2 aliphatic rings. The Hall–Kier alpha value is -1.30. The largest absolute Gasteiger partial charge is 0.480 e. The van der Waals surface area contributed by atoms with Gasteiger partial charge in [0.1, 0.15) is 6.04 Å². The van der Waals surface area contributed by atoms with Crippen LogP contribution in [0.2, 0.25) is 0 Å². The number of carbonyl (C=O) groups excluding carboxylic acids is 1. The van der Waals surface area contributed by atoms with E-state index < -0.39 is 12.0 Å². The van der Waals surface area contributed by atoms with Crippen LogP contribution in [0.15, 0.2) is 0 Å². The average molecular weight is 242 g/mol. The van der Waals surface area contributed by atoms with Gasteiger partial charge in [-0.25, -0.2) is 9.59 Å². The third kappa shape index (κ3) is 2.36. The number of carboxylic acids is 1. The Bertz CT molecular complexity index is 321. The molecule has 0 saturated carbocycles. The van der Waals surface area contributed by atoms with Gasteiger partial charge in [0.2, 0.25) is 0 Å². The quantitative estimate of drug-likeness (QED) is 0.712. The minimum absolute atomic E-state index is 0.0894. The van der Waals surface area contributed by atoms with Gasteiger partial charge >= 0.3 is 12.0 Å². The zero-order valence-electron chi connectivity index (χ0n) is 9.71. The van der Waals surface area contributed by atoms with Crippen LogP contribution in [0.5, 0.6) is 0 Å². The Morgan fingerprint density at radius 2 is 2.00 bits per heavy atom. The second-order valence-corrected chi connectivity index (χ2v) is 4.76. The fourth-order valence-corrected chi connectivity index (χ4v) is 2.59. The van der Waals surface area contributed by atoms with Gasteiger partial charge in [-0.15, -0.1) is 0 Å². The van der Waals surface area contributed by atoms with Gasteiger partial charge < -0.3 is 20.0 Å². The van der Waals surface area contributed by atoms with Crippen LogP contribution in [-0.2, 0) is 4.79 Å². The first-order valence-corrected chi connectivity index (χ1v) is 6.02. The van der Waals surface area contributed by atoms with Crippen molar-refractivity contribution in [3.8, 4) is 0 Å². The van der Waals surface area contributed by atoms with Crippen molar-refractivity contribution in [2.75, 3.05) is 26.2 Å². The molecule has 0 bridgehead atoms. The van der Waals surface area contributed by atoms with E-state index in [0.29, 0.717) is 26.1 Å². The number of aliphatic carboxylic acids is 1. The maximum atomic E-state index is 12.1. The topological polar surface area (TPSA) is 81.1 Å². The highest BCUT2D eigenvalue weighted by Gasteiger charge is 2.38. The first-order valence-electron chi connectivity index (χ1n) is 6.02. The summed E-state index contributed by atoms with van der Waals surface area (Å²) in [6.45, 7) is 1.77. The lowest BCUT2D eigenvalue weighted by atomic mass is 10.1. The monoisotopic (exact) mass is 242 g/mol. The summed E-state index contributed by atoms with van der Waals surface area (Å²) in [5.74, 6) is -0.779. The van der Waals surface area contributed by atoms with E-state index in [9.17, 15) is 9.59 Å². The van der Waals surface area contributed by atoms with Crippen molar-refractivity contribution >= 4 is 12.0 Å². The molecule has 0 aromatic heterocycles. The molecule has 2 aliphatic heterocycles. The molecule has 0 aromatic rings. The van der Waals surface area contributed by atoms with E-state index in [1.165, 1.54) is 4.90 Å². The Morgan fingerprint density at radius 1 is 1.24 bits per heavy atom. The molecule has 0 radical (unpaired) electrons. The fraction of sp³-hybridized carbons (Fsp3) is 0.818.